The molecule has 1 aromatic carbocycles. The predicted octanol–water partition coefficient (Wildman–Crippen LogP) is 2.12. The van der Waals surface area contributed by atoms with E-state index in [0.29, 0.717) is 6.54 Å². The molecule has 0 aliphatic carbocycles. The third kappa shape index (κ3) is 4.56. The maximum atomic E-state index is 12.0. The lowest BCUT2D eigenvalue weighted by Gasteiger charge is -2.19. The summed E-state index contributed by atoms with van der Waals surface area (Å²) in [6.45, 7) is 7.49. The number of carbonyl (C=O) groups is 1. The Balaban J connectivity index is 2.63. The number of carbonyl (C=O) groups excluding carboxylic acids is 1. The number of hydrogen-bond acceptors (Lipinski definition) is 3. The molecule has 4 heteroatoms. The lowest BCUT2D eigenvalue weighted by Crippen LogP contribution is -2.36. The maximum absolute atomic E-state index is 12.0. The number of amides is 1. The highest BCUT2D eigenvalue weighted by Crippen LogP contribution is 2.24. The van der Waals surface area contributed by atoms with Gasteiger partial charge in [0.15, 0.2) is 0 Å². The maximum Gasteiger partial charge on any atom is 0.224 e. The molecule has 0 bridgehead atoms. The molecular formula is C15H24N2O2. The van der Waals surface area contributed by atoms with E-state index in [1.807, 2.05) is 45.0 Å². The van der Waals surface area contributed by atoms with Gasteiger partial charge in [0.25, 0.3) is 0 Å². The van der Waals surface area contributed by atoms with Crippen molar-refractivity contribution < 1.29 is 9.53 Å². The summed E-state index contributed by atoms with van der Waals surface area (Å²) in [5, 5.41) is 6.20. The van der Waals surface area contributed by atoms with E-state index in [2.05, 4.69) is 10.6 Å². The van der Waals surface area contributed by atoms with E-state index in [1.165, 1.54) is 0 Å². The Kier molecular flexibility index (Phi) is 6.36. The first-order valence-corrected chi connectivity index (χ1v) is 6.74. The van der Waals surface area contributed by atoms with Crippen LogP contribution in [0.2, 0.25) is 0 Å². The first-order valence-electron chi connectivity index (χ1n) is 6.74. The van der Waals surface area contributed by atoms with Gasteiger partial charge in [0.05, 0.1) is 13.2 Å². The van der Waals surface area contributed by atoms with E-state index in [1.54, 1.807) is 7.11 Å². The quantitative estimate of drug-likeness (QED) is 0.793. The number of methoxy groups -OCH3 is 1. The SMILES string of the molecule is CCNCC(C)C(=O)N[C@H](C)c1ccccc1OC. The van der Waals surface area contributed by atoms with Crippen LogP contribution >= 0.6 is 0 Å². The number of nitrogens with one attached hydrogen (secondary N) is 2. The minimum atomic E-state index is -0.0623. The van der Waals surface area contributed by atoms with Gasteiger partial charge in [0.1, 0.15) is 5.75 Å². The van der Waals surface area contributed by atoms with Crippen LogP contribution in [0, 0.1) is 5.92 Å². The van der Waals surface area contributed by atoms with Crippen LogP contribution in [0.5, 0.6) is 5.75 Å². The van der Waals surface area contributed by atoms with E-state index in [4.69, 9.17) is 4.74 Å². The standard InChI is InChI=1S/C15H24N2O2/c1-5-16-10-11(2)15(18)17-12(3)13-8-6-7-9-14(13)19-4/h6-9,11-12,16H,5,10H2,1-4H3,(H,17,18)/t11?,12-/m1/s1. The van der Waals surface area contributed by atoms with Gasteiger partial charge in [-0.15, -0.1) is 0 Å². The molecule has 1 unspecified atom stereocenters. The van der Waals surface area contributed by atoms with Gasteiger partial charge < -0.3 is 15.4 Å². The molecule has 0 aromatic heterocycles. The Labute approximate surface area is 115 Å². The first-order chi connectivity index (χ1) is 9.10. The fraction of sp³-hybridized carbons (Fsp3) is 0.533. The lowest BCUT2D eigenvalue weighted by molar-refractivity contribution is -0.125. The number of benzene rings is 1. The number of hydrogen-bond donors (Lipinski definition) is 2. The van der Waals surface area contributed by atoms with Crippen LogP contribution in [0.1, 0.15) is 32.4 Å². The number of rotatable bonds is 7. The van der Waals surface area contributed by atoms with Crippen molar-refractivity contribution in [1.29, 1.82) is 0 Å². The van der Waals surface area contributed by atoms with Crippen LogP contribution in [0.3, 0.4) is 0 Å². The van der Waals surface area contributed by atoms with E-state index >= 15 is 0 Å². The van der Waals surface area contributed by atoms with Crippen LogP contribution in [-0.4, -0.2) is 26.1 Å². The largest absolute Gasteiger partial charge is 0.496 e. The summed E-state index contributed by atoms with van der Waals surface area (Å²) < 4.78 is 5.31. The number of ether oxygens (including phenoxy) is 1. The van der Waals surface area contributed by atoms with Gasteiger partial charge in [0.2, 0.25) is 5.91 Å². The smallest absolute Gasteiger partial charge is 0.224 e. The summed E-state index contributed by atoms with van der Waals surface area (Å²) in [6, 6.07) is 7.68. The third-order valence-corrected chi connectivity index (χ3v) is 3.11. The summed E-state index contributed by atoms with van der Waals surface area (Å²) in [5.41, 5.74) is 0.994. The van der Waals surface area contributed by atoms with Gasteiger partial charge in [-0.2, -0.15) is 0 Å². The van der Waals surface area contributed by atoms with Gasteiger partial charge in [-0.25, -0.2) is 0 Å². The summed E-state index contributed by atoms with van der Waals surface area (Å²) in [4.78, 5) is 12.0. The molecule has 106 valence electrons. The second-order valence-corrected chi connectivity index (χ2v) is 4.68. The summed E-state index contributed by atoms with van der Waals surface area (Å²) in [5.74, 6) is 0.811. The van der Waals surface area contributed by atoms with Gasteiger partial charge in [0, 0.05) is 18.0 Å². The minimum absolute atomic E-state index is 0.0443. The monoisotopic (exact) mass is 264 g/mol. The molecule has 2 atom stereocenters. The minimum Gasteiger partial charge on any atom is -0.496 e. The van der Waals surface area contributed by atoms with Gasteiger partial charge in [-0.3, -0.25) is 4.79 Å². The molecule has 1 aromatic rings. The van der Waals surface area contributed by atoms with Crippen LogP contribution < -0.4 is 15.4 Å². The number of para-hydroxylation sites is 1. The molecule has 0 saturated carbocycles. The zero-order chi connectivity index (χ0) is 14.3. The van der Waals surface area contributed by atoms with Crippen molar-refractivity contribution in [2.24, 2.45) is 5.92 Å². The predicted molar refractivity (Wildman–Crippen MR) is 77.3 cm³/mol. The second-order valence-electron chi connectivity index (χ2n) is 4.68. The van der Waals surface area contributed by atoms with E-state index in [-0.39, 0.29) is 17.9 Å². The molecule has 1 rings (SSSR count). The van der Waals surface area contributed by atoms with Crippen molar-refractivity contribution >= 4 is 5.91 Å². The zero-order valence-electron chi connectivity index (χ0n) is 12.2. The topological polar surface area (TPSA) is 50.4 Å². The molecule has 1 amide bonds. The van der Waals surface area contributed by atoms with Crippen molar-refractivity contribution in [3.05, 3.63) is 29.8 Å². The molecule has 0 radical (unpaired) electrons. The average molecular weight is 264 g/mol. The van der Waals surface area contributed by atoms with E-state index in [0.717, 1.165) is 17.9 Å². The van der Waals surface area contributed by atoms with Crippen molar-refractivity contribution in [2.75, 3.05) is 20.2 Å². The third-order valence-electron chi connectivity index (χ3n) is 3.11. The first kappa shape index (κ1) is 15.5. The van der Waals surface area contributed by atoms with Crippen molar-refractivity contribution in [1.82, 2.24) is 10.6 Å². The molecule has 0 aliphatic rings. The van der Waals surface area contributed by atoms with Crippen LogP contribution in [0.25, 0.3) is 0 Å². The fourth-order valence-electron chi connectivity index (χ4n) is 1.91. The molecule has 19 heavy (non-hydrogen) atoms. The van der Waals surface area contributed by atoms with Crippen LogP contribution in [0.15, 0.2) is 24.3 Å². The van der Waals surface area contributed by atoms with Crippen molar-refractivity contribution in [3.8, 4) is 5.75 Å². The Morgan fingerprint density at radius 1 is 1.32 bits per heavy atom. The molecule has 4 nitrogen and oxygen atoms in total. The van der Waals surface area contributed by atoms with Gasteiger partial charge in [-0.1, -0.05) is 32.0 Å². The Bertz CT molecular complexity index is 407. The van der Waals surface area contributed by atoms with Crippen molar-refractivity contribution in [2.45, 2.75) is 26.8 Å². The highest BCUT2D eigenvalue weighted by molar-refractivity contribution is 5.79. The molecule has 0 heterocycles. The molecule has 0 fully saturated rings. The summed E-state index contributed by atoms with van der Waals surface area (Å²) in [7, 11) is 1.64. The molecule has 0 spiro atoms. The summed E-state index contributed by atoms with van der Waals surface area (Å²) >= 11 is 0. The molecule has 0 aliphatic heterocycles. The van der Waals surface area contributed by atoms with Crippen LogP contribution in [0.4, 0.5) is 0 Å². The van der Waals surface area contributed by atoms with E-state index < -0.39 is 0 Å². The van der Waals surface area contributed by atoms with E-state index in [9.17, 15) is 4.79 Å². The Morgan fingerprint density at radius 3 is 2.63 bits per heavy atom. The fourth-order valence-corrected chi connectivity index (χ4v) is 1.91. The van der Waals surface area contributed by atoms with Gasteiger partial charge in [-0.05, 0) is 19.5 Å². The summed E-state index contributed by atoms with van der Waals surface area (Å²) in [6.07, 6.45) is 0. The van der Waals surface area contributed by atoms with Crippen LogP contribution in [-0.2, 0) is 4.79 Å². The average Bonchev–Trinajstić information content (AvgIpc) is 2.44. The normalized spacial score (nSPS) is 13.7. The lowest BCUT2D eigenvalue weighted by atomic mass is 10.1. The van der Waals surface area contributed by atoms with Gasteiger partial charge >= 0.3 is 0 Å². The highest BCUT2D eigenvalue weighted by Gasteiger charge is 2.17. The molecular weight excluding hydrogens is 240 g/mol. The Morgan fingerprint density at radius 2 is 2.00 bits per heavy atom. The zero-order valence-corrected chi connectivity index (χ0v) is 12.2. The highest BCUT2D eigenvalue weighted by atomic mass is 16.5. The Hall–Kier alpha value is -1.55. The molecule has 0 saturated heterocycles. The van der Waals surface area contributed by atoms with Crippen molar-refractivity contribution in [3.63, 3.8) is 0 Å². The molecule has 2 N–H and O–H groups in total. The second kappa shape index (κ2) is 7.79.